The van der Waals surface area contributed by atoms with Gasteiger partial charge in [-0.2, -0.15) is 8.78 Å². The van der Waals surface area contributed by atoms with E-state index in [4.69, 9.17) is 0 Å². The van der Waals surface area contributed by atoms with Crippen molar-refractivity contribution in [1.82, 2.24) is 14.9 Å². The molecule has 7 heteroatoms. The van der Waals surface area contributed by atoms with Crippen LogP contribution in [0.1, 0.15) is 16.2 Å². The molecule has 0 saturated carbocycles. The summed E-state index contributed by atoms with van der Waals surface area (Å²) in [7, 11) is 1.94. The topological polar surface area (TPSA) is 56.2 Å². The van der Waals surface area contributed by atoms with Crippen molar-refractivity contribution in [3.63, 3.8) is 0 Å². The fourth-order valence-electron chi connectivity index (χ4n) is 2.60. The average molecular weight is 345 g/mol. The Morgan fingerprint density at radius 2 is 1.92 bits per heavy atom. The second-order valence-corrected chi connectivity index (χ2v) is 5.48. The molecule has 0 spiro atoms. The Kier molecular flexibility index (Phi) is 4.92. The Labute approximate surface area is 143 Å². The van der Waals surface area contributed by atoms with E-state index in [-0.39, 0.29) is 11.7 Å². The Morgan fingerprint density at radius 1 is 1.20 bits per heavy atom. The molecule has 0 aliphatic carbocycles. The standard InChI is InChI=1S/C18H17F2N3O2/c1-23-15-5-3-2-4-14(15)22-16(23)10-11-21-17(24)12-6-8-13(9-7-12)25-18(19)20/h2-9,18H,10-11H2,1H3,(H,21,24). The van der Waals surface area contributed by atoms with Gasteiger partial charge in [-0.05, 0) is 36.4 Å². The minimum Gasteiger partial charge on any atom is -0.435 e. The van der Waals surface area contributed by atoms with Crippen LogP contribution in [0.15, 0.2) is 48.5 Å². The number of alkyl halides is 2. The van der Waals surface area contributed by atoms with Crippen LogP contribution in [-0.4, -0.2) is 28.6 Å². The van der Waals surface area contributed by atoms with Gasteiger partial charge in [-0.3, -0.25) is 4.79 Å². The minimum atomic E-state index is -2.88. The van der Waals surface area contributed by atoms with Gasteiger partial charge in [0.1, 0.15) is 11.6 Å². The van der Waals surface area contributed by atoms with E-state index in [1.54, 1.807) is 0 Å². The number of nitrogens with one attached hydrogen (secondary N) is 1. The third-order valence-electron chi connectivity index (χ3n) is 3.86. The van der Waals surface area contributed by atoms with Crippen LogP contribution in [0.2, 0.25) is 0 Å². The summed E-state index contributed by atoms with van der Waals surface area (Å²) in [6.45, 7) is -2.46. The molecule has 1 amide bonds. The molecule has 0 unspecified atom stereocenters. The molecule has 3 aromatic rings. The summed E-state index contributed by atoms with van der Waals surface area (Å²) in [6, 6.07) is 13.4. The summed E-state index contributed by atoms with van der Waals surface area (Å²) in [5.41, 5.74) is 2.34. The molecular formula is C18H17F2N3O2. The number of hydrogen-bond donors (Lipinski definition) is 1. The summed E-state index contributed by atoms with van der Waals surface area (Å²) >= 11 is 0. The fourth-order valence-corrected chi connectivity index (χ4v) is 2.60. The number of carbonyl (C=O) groups is 1. The van der Waals surface area contributed by atoms with Gasteiger partial charge in [0, 0.05) is 25.6 Å². The Bertz CT molecular complexity index is 876. The van der Waals surface area contributed by atoms with Crippen molar-refractivity contribution in [3.8, 4) is 5.75 Å². The van der Waals surface area contributed by atoms with Crippen molar-refractivity contribution in [3.05, 3.63) is 59.9 Å². The normalized spacial score (nSPS) is 11.0. The van der Waals surface area contributed by atoms with Crippen LogP contribution in [0, 0.1) is 0 Å². The zero-order valence-corrected chi connectivity index (χ0v) is 13.6. The van der Waals surface area contributed by atoms with Gasteiger partial charge in [0.05, 0.1) is 11.0 Å². The number of hydrogen-bond acceptors (Lipinski definition) is 3. The van der Waals surface area contributed by atoms with E-state index < -0.39 is 6.61 Å². The Morgan fingerprint density at radius 3 is 2.60 bits per heavy atom. The largest absolute Gasteiger partial charge is 0.435 e. The van der Waals surface area contributed by atoms with E-state index in [9.17, 15) is 13.6 Å². The fraction of sp³-hybridized carbons (Fsp3) is 0.222. The van der Waals surface area contributed by atoms with Gasteiger partial charge < -0.3 is 14.6 Å². The number of aryl methyl sites for hydroxylation is 1. The second kappa shape index (κ2) is 7.29. The van der Waals surface area contributed by atoms with Crippen LogP contribution in [-0.2, 0) is 13.5 Å². The zero-order chi connectivity index (χ0) is 17.8. The van der Waals surface area contributed by atoms with Gasteiger partial charge in [0.25, 0.3) is 5.91 Å². The van der Waals surface area contributed by atoms with E-state index >= 15 is 0 Å². The molecular weight excluding hydrogens is 328 g/mol. The summed E-state index contributed by atoms with van der Waals surface area (Å²) < 4.78 is 30.5. The molecule has 0 fully saturated rings. The van der Waals surface area contributed by atoms with Gasteiger partial charge in [-0.15, -0.1) is 0 Å². The third-order valence-corrected chi connectivity index (χ3v) is 3.86. The molecule has 0 atom stereocenters. The SMILES string of the molecule is Cn1c(CCNC(=O)c2ccc(OC(F)F)cc2)nc2ccccc21. The van der Waals surface area contributed by atoms with Gasteiger partial charge in [0.2, 0.25) is 0 Å². The number of amides is 1. The zero-order valence-electron chi connectivity index (χ0n) is 13.6. The molecule has 3 rings (SSSR count). The highest BCUT2D eigenvalue weighted by Gasteiger charge is 2.10. The quantitative estimate of drug-likeness (QED) is 0.747. The smallest absolute Gasteiger partial charge is 0.387 e. The number of ether oxygens (including phenoxy) is 1. The maximum atomic E-state index is 12.1. The number of halogens is 2. The summed E-state index contributed by atoms with van der Waals surface area (Å²) in [5, 5.41) is 2.80. The maximum Gasteiger partial charge on any atom is 0.387 e. The van der Waals surface area contributed by atoms with Crippen molar-refractivity contribution >= 4 is 16.9 Å². The van der Waals surface area contributed by atoms with Crippen LogP contribution in [0.3, 0.4) is 0 Å². The molecule has 0 bridgehead atoms. The molecule has 0 saturated heterocycles. The maximum absolute atomic E-state index is 12.1. The van der Waals surface area contributed by atoms with Crippen LogP contribution < -0.4 is 10.1 Å². The van der Waals surface area contributed by atoms with Crippen LogP contribution in [0.25, 0.3) is 11.0 Å². The van der Waals surface area contributed by atoms with E-state index in [2.05, 4.69) is 15.0 Å². The lowest BCUT2D eigenvalue weighted by Crippen LogP contribution is -2.26. The van der Waals surface area contributed by atoms with Gasteiger partial charge in [-0.25, -0.2) is 4.98 Å². The molecule has 130 valence electrons. The van der Waals surface area contributed by atoms with E-state index in [1.807, 2.05) is 35.9 Å². The van der Waals surface area contributed by atoms with Crippen molar-refractivity contribution in [2.45, 2.75) is 13.0 Å². The highest BCUT2D eigenvalue weighted by atomic mass is 19.3. The van der Waals surface area contributed by atoms with Crippen molar-refractivity contribution in [2.24, 2.45) is 7.05 Å². The summed E-state index contributed by atoms with van der Waals surface area (Å²) in [4.78, 5) is 16.6. The molecule has 0 radical (unpaired) electrons. The predicted octanol–water partition coefficient (Wildman–Crippen LogP) is 3.15. The lowest BCUT2D eigenvalue weighted by Gasteiger charge is -2.07. The first-order valence-electron chi connectivity index (χ1n) is 7.78. The molecule has 1 N–H and O–H groups in total. The van der Waals surface area contributed by atoms with E-state index in [1.165, 1.54) is 24.3 Å². The molecule has 2 aromatic carbocycles. The van der Waals surface area contributed by atoms with Crippen LogP contribution >= 0.6 is 0 Å². The first-order chi connectivity index (χ1) is 12.0. The molecule has 0 aliphatic rings. The highest BCUT2D eigenvalue weighted by molar-refractivity contribution is 5.94. The van der Waals surface area contributed by atoms with Crippen LogP contribution in [0.4, 0.5) is 8.78 Å². The third kappa shape index (κ3) is 3.93. The number of imidazole rings is 1. The lowest BCUT2D eigenvalue weighted by molar-refractivity contribution is -0.0498. The Balaban J connectivity index is 1.57. The van der Waals surface area contributed by atoms with E-state index in [0.717, 1.165) is 16.9 Å². The number of rotatable bonds is 6. The minimum absolute atomic E-state index is 0.0197. The van der Waals surface area contributed by atoms with Crippen molar-refractivity contribution in [1.29, 1.82) is 0 Å². The lowest BCUT2D eigenvalue weighted by atomic mass is 10.2. The second-order valence-electron chi connectivity index (χ2n) is 5.48. The number of aromatic nitrogens is 2. The van der Waals surface area contributed by atoms with Gasteiger partial charge in [-0.1, -0.05) is 12.1 Å². The number of para-hydroxylation sites is 2. The molecule has 1 aromatic heterocycles. The van der Waals surface area contributed by atoms with Crippen LogP contribution in [0.5, 0.6) is 5.75 Å². The summed E-state index contributed by atoms with van der Waals surface area (Å²) in [6.07, 6.45) is 0.587. The number of nitrogens with zero attached hydrogens (tertiary/aromatic N) is 2. The Hall–Kier alpha value is -2.96. The molecule has 1 heterocycles. The molecule has 5 nitrogen and oxygen atoms in total. The molecule has 0 aliphatic heterocycles. The van der Waals surface area contributed by atoms with Crippen molar-refractivity contribution in [2.75, 3.05) is 6.54 Å². The first-order valence-corrected chi connectivity index (χ1v) is 7.78. The average Bonchev–Trinajstić information content (AvgIpc) is 2.91. The summed E-state index contributed by atoms with van der Waals surface area (Å²) in [5.74, 6) is 0.621. The highest BCUT2D eigenvalue weighted by Crippen LogP contribution is 2.16. The number of benzene rings is 2. The van der Waals surface area contributed by atoms with Gasteiger partial charge >= 0.3 is 6.61 Å². The monoisotopic (exact) mass is 345 g/mol. The van der Waals surface area contributed by atoms with Gasteiger partial charge in [0.15, 0.2) is 0 Å². The predicted molar refractivity (Wildman–Crippen MR) is 89.8 cm³/mol. The van der Waals surface area contributed by atoms with Crippen molar-refractivity contribution < 1.29 is 18.3 Å². The first kappa shape index (κ1) is 16.9. The number of fused-ring (bicyclic) bond motifs is 1. The van der Waals surface area contributed by atoms with E-state index in [0.29, 0.717) is 18.5 Å². The molecule has 25 heavy (non-hydrogen) atoms. The number of carbonyl (C=O) groups excluding carboxylic acids is 1.